The molecule has 7 N–H and O–H groups in total. The second kappa shape index (κ2) is 21.1. The Hall–Kier alpha value is -4.25. The number of ketones is 1. The van der Waals surface area contributed by atoms with Gasteiger partial charge in [0.15, 0.2) is 5.78 Å². The van der Waals surface area contributed by atoms with Gasteiger partial charge in [-0.25, -0.2) is 0 Å². The smallest absolute Gasteiger partial charge is 0.265 e. The Kier molecular flexibility index (Phi) is 17.5. The molecule has 14 nitrogen and oxygen atoms in total. The van der Waals surface area contributed by atoms with Crippen LogP contribution in [0.1, 0.15) is 65.2 Å². The molecule has 4 unspecified atom stereocenters. The first kappa shape index (κ1) is 48.1. The number of Topliss-reactive ketones (excluding diaryl/α,β-unsaturated/α-hetero) is 1. The molecule has 0 spiro atoms. The fourth-order valence-electron chi connectivity index (χ4n) is 7.27. The summed E-state index contributed by atoms with van der Waals surface area (Å²) in [6.45, 7) is 12.2. The van der Waals surface area contributed by atoms with Crippen molar-refractivity contribution in [1.29, 1.82) is 0 Å². The Balaban J connectivity index is 1.61. The Bertz CT molecular complexity index is 1860. The van der Waals surface area contributed by atoms with Gasteiger partial charge in [-0.3, -0.25) is 14.4 Å². The van der Waals surface area contributed by atoms with Crippen LogP contribution in [0.5, 0.6) is 5.75 Å². The van der Waals surface area contributed by atoms with E-state index in [1.54, 1.807) is 81.5 Å². The number of carbonyl (C=O) groups excluding carboxylic acids is 2. The highest BCUT2D eigenvalue weighted by atomic mass is 16.7. The largest absolute Gasteiger partial charge is 0.507 e. The van der Waals surface area contributed by atoms with Gasteiger partial charge < -0.3 is 54.7 Å². The lowest BCUT2D eigenvalue weighted by molar-refractivity contribution is -0.359. The molecular weight excluding hydrogens is 748 g/mol. The van der Waals surface area contributed by atoms with Gasteiger partial charge in [-0.05, 0) is 44.4 Å². The molecule has 0 bridgehead atoms. The summed E-state index contributed by atoms with van der Waals surface area (Å²) in [4.78, 5) is 38.4. The summed E-state index contributed by atoms with van der Waals surface area (Å²) in [6.07, 6.45) is 13.0. The van der Waals surface area contributed by atoms with Crippen molar-refractivity contribution in [3.05, 3.63) is 112 Å². The lowest BCUT2D eigenvalue weighted by Gasteiger charge is -2.53. The second-order valence-corrected chi connectivity index (χ2v) is 15.5. The molecule has 1 amide bonds. The summed E-state index contributed by atoms with van der Waals surface area (Å²) in [7, 11) is 3.01. The number of amides is 1. The SMILES string of the molecule is C/C=C/C=C/C1O[C@@](O)([C@H](CC)C(=O)NC/C=C/C=C(\C)[C@H](OC)C(C)[C@H]2O[C@@H](/C=C/C=C/C=C(\C)C(=O)c3c(O)ccn(C)c3=O)[C@@H](O)[C@H]2O)C(O)C(O)C1(C)C. The number of ether oxygens (including phenoxy) is 3. The molecule has 0 aliphatic carbocycles. The molecule has 1 aromatic heterocycles. The molecule has 58 heavy (non-hydrogen) atoms. The summed E-state index contributed by atoms with van der Waals surface area (Å²) in [5.41, 5.74) is -0.881. The summed E-state index contributed by atoms with van der Waals surface area (Å²) < 4.78 is 19.0. The third kappa shape index (κ3) is 10.9. The zero-order valence-electron chi connectivity index (χ0n) is 34.9. The number of aliphatic hydroxyl groups is 5. The molecule has 0 aromatic carbocycles. The van der Waals surface area contributed by atoms with Gasteiger partial charge in [-0.1, -0.05) is 101 Å². The van der Waals surface area contributed by atoms with Crippen LogP contribution in [0.3, 0.4) is 0 Å². The van der Waals surface area contributed by atoms with Crippen LogP contribution in [-0.4, -0.2) is 115 Å². The minimum atomic E-state index is -2.34. The van der Waals surface area contributed by atoms with E-state index in [1.807, 2.05) is 26.8 Å². The van der Waals surface area contributed by atoms with E-state index in [0.717, 1.165) is 5.57 Å². The van der Waals surface area contributed by atoms with Crippen molar-refractivity contribution in [3.8, 4) is 5.75 Å². The third-order valence-corrected chi connectivity index (χ3v) is 11.0. The number of aliphatic hydroxyl groups excluding tert-OH is 4. The average molecular weight is 811 g/mol. The molecule has 320 valence electrons. The molecule has 11 atom stereocenters. The summed E-state index contributed by atoms with van der Waals surface area (Å²) >= 11 is 0. The normalized spacial score (nSPS) is 29.9. The van der Waals surface area contributed by atoms with Crippen molar-refractivity contribution in [3.63, 3.8) is 0 Å². The van der Waals surface area contributed by atoms with Gasteiger partial charge in [-0.2, -0.15) is 0 Å². The molecule has 2 aliphatic heterocycles. The topological polar surface area (TPSA) is 217 Å². The zero-order chi connectivity index (χ0) is 43.5. The van der Waals surface area contributed by atoms with Crippen LogP contribution in [0.4, 0.5) is 0 Å². The molecule has 2 aliphatic rings. The van der Waals surface area contributed by atoms with E-state index in [1.165, 1.54) is 44.0 Å². The van der Waals surface area contributed by atoms with Crippen LogP contribution < -0.4 is 10.9 Å². The van der Waals surface area contributed by atoms with E-state index >= 15 is 0 Å². The number of nitrogens with one attached hydrogen (secondary N) is 1. The van der Waals surface area contributed by atoms with Crippen LogP contribution in [0, 0.1) is 17.3 Å². The highest BCUT2D eigenvalue weighted by Crippen LogP contribution is 2.44. The molecule has 3 heterocycles. The van der Waals surface area contributed by atoms with Crippen LogP contribution in [-0.2, 0) is 26.1 Å². The monoisotopic (exact) mass is 810 g/mol. The van der Waals surface area contributed by atoms with Gasteiger partial charge in [0.25, 0.3) is 5.56 Å². The van der Waals surface area contributed by atoms with Gasteiger partial charge in [0.2, 0.25) is 11.7 Å². The van der Waals surface area contributed by atoms with Crippen molar-refractivity contribution in [2.24, 2.45) is 24.3 Å². The van der Waals surface area contributed by atoms with Gasteiger partial charge >= 0.3 is 0 Å². The quantitative estimate of drug-likeness (QED) is 0.0687. The summed E-state index contributed by atoms with van der Waals surface area (Å²) in [5, 5.41) is 68.0. The first-order valence-corrected chi connectivity index (χ1v) is 19.5. The highest BCUT2D eigenvalue weighted by Gasteiger charge is 2.60. The van der Waals surface area contributed by atoms with E-state index in [-0.39, 0.29) is 24.1 Å². The van der Waals surface area contributed by atoms with Gasteiger partial charge in [0, 0.05) is 38.2 Å². The van der Waals surface area contributed by atoms with Crippen molar-refractivity contribution < 1.29 is 54.4 Å². The highest BCUT2D eigenvalue weighted by molar-refractivity contribution is 6.09. The summed E-state index contributed by atoms with van der Waals surface area (Å²) in [6, 6.07) is 1.27. The predicted octanol–water partition coefficient (Wildman–Crippen LogP) is 3.09. The van der Waals surface area contributed by atoms with Crippen LogP contribution in [0.15, 0.2) is 101 Å². The van der Waals surface area contributed by atoms with Crippen molar-refractivity contribution >= 4 is 11.7 Å². The average Bonchev–Trinajstić information content (AvgIpc) is 3.46. The van der Waals surface area contributed by atoms with Crippen molar-refractivity contribution in [2.75, 3.05) is 13.7 Å². The number of aromatic hydroxyl groups is 1. The Morgan fingerprint density at radius 2 is 1.67 bits per heavy atom. The number of aromatic nitrogens is 1. The second-order valence-electron chi connectivity index (χ2n) is 15.5. The fourth-order valence-corrected chi connectivity index (χ4v) is 7.27. The maximum absolute atomic E-state index is 13.3. The minimum absolute atomic E-state index is 0.0818. The Morgan fingerprint density at radius 3 is 2.31 bits per heavy atom. The van der Waals surface area contributed by atoms with Gasteiger partial charge in [0.05, 0.1) is 30.3 Å². The van der Waals surface area contributed by atoms with Crippen LogP contribution >= 0.6 is 0 Å². The Morgan fingerprint density at radius 1 is 1.00 bits per heavy atom. The van der Waals surface area contributed by atoms with Crippen LogP contribution in [0.2, 0.25) is 0 Å². The Labute approximate surface area is 340 Å². The number of hydrogen-bond donors (Lipinski definition) is 7. The van der Waals surface area contributed by atoms with E-state index in [0.29, 0.717) is 0 Å². The lowest BCUT2D eigenvalue weighted by Crippen LogP contribution is -2.69. The fraction of sp³-hybridized carbons (Fsp3) is 0.523. The number of nitrogens with zero attached hydrogens (tertiary/aromatic N) is 1. The molecule has 0 saturated carbocycles. The van der Waals surface area contributed by atoms with Crippen LogP contribution in [0.25, 0.3) is 0 Å². The number of pyridine rings is 1. The number of carbonyl (C=O) groups is 2. The number of methoxy groups -OCH3 is 1. The van der Waals surface area contributed by atoms with Gasteiger partial charge in [0.1, 0.15) is 35.7 Å². The van der Waals surface area contributed by atoms with Gasteiger partial charge in [-0.15, -0.1) is 0 Å². The predicted molar refractivity (Wildman–Crippen MR) is 220 cm³/mol. The van der Waals surface area contributed by atoms with Crippen molar-refractivity contribution in [1.82, 2.24) is 9.88 Å². The van der Waals surface area contributed by atoms with Crippen molar-refractivity contribution in [2.45, 2.75) is 110 Å². The van der Waals surface area contributed by atoms with E-state index in [4.69, 9.17) is 14.2 Å². The van der Waals surface area contributed by atoms with E-state index in [9.17, 15) is 45.0 Å². The molecular formula is C44H62N2O12. The molecule has 3 rings (SSSR count). The molecule has 2 fully saturated rings. The maximum Gasteiger partial charge on any atom is 0.265 e. The first-order chi connectivity index (χ1) is 27.3. The third-order valence-electron chi connectivity index (χ3n) is 11.0. The van der Waals surface area contributed by atoms with E-state index in [2.05, 4.69) is 5.32 Å². The first-order valence-electron chi connectivity index (χ1n) is 19.5. The molecule has 0 radical (unpaired) electrons. The lowest BCUT2D eigenvalue weighted by atomic mass is 9.71. The zero-order valence-corrected chi connectivity index (χ0v) is 34.9. The molecule has 2 saturated heterocycles. The number of allylic oxidation sites excluding steroid dienone is 10. The summed E-state index contributed by atoms with van der Waals surface area (Å²) in [5.74, 6) is -5.51. The number of aryl methyl sites for hydroxylation is 1. The minimum Gasteiger partial charge on any atom is -0.507 e. The standard InChI is InChI=1S/C44H62N2O12/c1-10-12-14-22-32-43(6,7)39(51)40(52)44(55,58-32)29(11-2)41(53)45-24-18-17-20-27(4)37(56-9)28(5)38-36(50)35(49)31(57-38)21-16-13-15-19-26(3)34(48)33-30(47)23-25-46(8)42(33)54/h10,12-23,25,28-29,31-32,35-40,47,49-52,55H,11,24H2,1-9H3,(H,45,53)/b12-10+,15-13+,18-17+,21-16+,22-14+,26-19+,27-20+/t28?,29-,31+,32?,35-,36-,37+,38-,39?,40?,44+/m1/s1. The number of rotatable bonds is 17. The number of hydrogen-bond acceptors (Lipinski definition) is 12. The molecule has 14 heteroatoms. The van der Waals surface area contributed by atoms with E-state index < -0.39 is 94.9 Å². The molecule has 1 aromatic rings. The maximum atomic E-state index is 13.3.